The standard InChI is InChI=1S/C9H7.2CHF3O3S.Zr/c1-2-5-9-7-3-6-8(9)4-1;2*2-1(3,4)8(5,6)7;/h1-7H;2*(H,5,6,7);/q-1;;;. The van der Waals surface area contributed by atoms with Crippen molar-refractivity contribution < 1.29 is 78.5 Å². The first-order chi connectivity index (χ1) is 11.0. The van der Waals surface area contributed by atoms with E-state index in [1.807, 2.05) is 0 Å². The minimum Gasteiger partial charge on any atom is -0.279 e. The molecule has 2 N–H and O–H groups in total. The molecular formula is C11H9F6O6S2Zr-. The Morgan fingerprint density at radius 1 is 0.769 bits per heavy atom. The molecule has 0 aromatic heterocycles. The maximum Gasteiger partial charge on any atom is 0.522 e. The average molecular weight is 507 g/mol. The van der Waals surface area contributed by atoms with E-state index in [1.165, 1.54) is 10.8 Å². The summed E-state index contributed by atoms with van der Waals surface area (Å²) < 4.78 is 115. The van der Waals surface area contributed by atoms with Crippen LogP contribution in [-0.4, -0.2) is 37.0 Å². The third-order valence-electron chi connectivity index (χ3n) is 2.13. The van der Waals surface area contributed by atoms with Crippen molar-refractivity contribution in [2.45, 2.75) is 11.0 Å². The fourth-order valence-electron chi connectivity index (χ4n) is 1.07. The third kappa shape index (κ3) is 9.71. The average Bonchev–Trinajstić information content (AvgIpc) is 2.83. The summed E-state index contributed by atoms with van der Waals surface area (Å²) in [7, 11) is -11.7. The van der Waals surface area contributed by atoms with Gasteiger partial charge in [0.25, 0.3) is 0 Å². The molecule has 148 valence electrons. The molecule has 0 saturated carbocycles. The third-order valence-corrected chi connectivity index (χ3v) is 3.30. The molecule has 0 aliphatic rings. The number of hydrogen-bond donors (Lipinski definition) is 2. The molecule has 2 rings (SSSR count). The molecule has 6 nitrogen and oxygen atoms in total. The van der Waals surface area contributed by atoms with Crippen molar-refractivity contribution in [2.75, 3.05) is 0 Å². The number of rotatable bonds is 0. The second-order valence-electron chi connectivity index (χ2n) is 4.00. The summed E-state index contributed by atoms with van der Waals surface area (Å²) in [6.45, 7) is 0. The van der Waals surface area contributed by atoms with Crippen LogP contribution in [-0.2, 0) is 46.4 Å². The monoisotopic (exact) mass is 505 g/mol. The van der Waals surface area contributed by atoms with Crippen molar-refractivity contribution in [2.24, 2.45) is 0 Å². The molecule has 0 spiro atoms. The quantitative estimate of drug-likeness (QED) is 0.246. The van der Waals surface area contributed by atoms with E-state index in [9.17, 15) is 26.3 Å². The van der Waals surface area contributed by atoms with Crippen LogP contribution in [0.3, 0.4) is 0 Å². The Morgan fingerprint density at radius 2 is 1.12 bits per heavy atom. The maximum atomic E-state index is 10.7. The largest absolute Gasteiger partial charge is 0.522 e. The zero-order valence-corrected chi connectivity index (χ0v) is 16.2. The molecule has 0 unspecified atom stereocenters. The second kappa shape index (κ2) is 9.88. The molecule has 0 atom stereocenters. The van der Waals surface area contributed by atoms with Crippen molar-refractivity contribution in [3.8, 4) is 0 Å². The summed E-state index contributed by atoms with van der Waals surface area (Å²) in [6, 6.07) is 14.7. The molecule has 0 fully saturated rings. The van der Waals surface area contributed by atoms with Crippen LogP contribution in [0.25, 0.3) is 10.8 Å². The van der Waals surface area contributed by atoms with E-state index in [2.05, 4.69) is 42.5 Å². The van der Waals surface area contributed by atoms with Crippen molar-refractivity contribution in [3.63, 3.8) is 0 Å². The smallest absolute Gasteiger partial charge is 0.279 e. The number of hydrogen-bond acceptors (Lipinski definition) is 4. The minimum atomic E-state index is -5.84. The molecule has 0 radical (unpaired) electrons. The summed E-state index contributed by atoms with van der Waals surface area (Å²) >= 11 is 0. The first-order valence-corrected chi connectivity index (χ1v) is 8.53. The predicted molar refractivity (Wildman–Crippen MR) is 74.7 cm³/mol. The summed E-state index contributed by atoms with van der Waals surface area (Å²) in [5.74, 6) is 0. The topological polar surface area (TPSA) is 109 Å². The van der Waals surface area contributed by atoms with Crippen LogP contribution >= 0.6 is 0 Å². The van der Waals surface area contributed by atoms with E-state index in [-0.39, 0.29) is 26.2 Å². The van der Waals surface area contributed by atoms with E-state index in [4.69, 9.17) is 25.9 Å². The van der Waals surface area contributed by atoms with Crippen LogP contribution in [0.4, 0.5) is 26.3 Å². The summed E-state index contributed by atoms with van der Waals surface area (Å²) in [5, 5.41) is 2.66. The van der Waals surface area contributed by atoms with E-state index in [0.29, 0.717) is 0 Å². The van der Waals surface area contributed by atoms with Gasteiger partial charge >= 0.3 is 31.3 Å². The van der Waals surface area contributed by atoms with Crippen molar-refractivity contribution in [3.05, 3.63) is 42.5 Å². The van der Waals surface area contributed by atoms with Gasteiger partial charge in [-0.3, -0.25) is 9.11 Å². The minimum absolute atomic E-state index is 0. The van der Waals surface area contributed by atoms with Crippen molar-refractivity contribution in [1.29, 1.82) is 0 Å². The molecule has 0 aliphatic carbocycles. The molecular weight excluding hydrogens is 497 g/mol. The zero-order valence-electron chi connectivity index (χ0n) is 12.2. The van der Waals surface area contributed by atoms with Gasteiger partial charge in [-0.05, 0) is 0 Å². The Morgan fingerprint density at radius 3 is 1.42 bits per heavy atom. The van der Waals surface area contributed by atoms with E-state index in [1.54, 1.807) is 0 Å². The molecule has 2 aromatic rings. The van der Waals surface area contributed by atoms with Gasteiger partial charge in [0.2, 0.25) is 0 Å². The van der Waals surface area contributed by atoms with Crippen molar-refractivity contribution >= 4 is 31.0 Å². The van der Waals surface area contributed by atoms with Gasteiger partial charge in [-0.15, -0.1) is 29.7 Å². The van der Waals surface area contributed by atoms with Gasteiger partial charge in [0.05, 0.1) is 0 Å². The van der Waals surface area contributed by atoms with E-state index >= 15 is 0 Å². The fourth-order valence-corrected chi connectivity index (χ4v) is 1.07. The van der Waals surface area contributed by atoms with Gasteiger partial charge in [0.1, 0.15) is 0 Å². The van der Waals surface area contributed by atoms with Crippen LogP contribution in [0.2, 0.25) is 0 Å². The zero-order chi connectivity index (χ0) is 20.1. The Bertz CT molecular complexity index is 814. The molecule has 0 saturated heterocycles. The molecule has 15 heteroatoms. The van der Waals surface area contributed by atoms with Crippen LogP contribution in [0.1, 0.15) is 0 Å². The summed E-state index contributed by atoms with van der Waals surface area (Å²) in [5.41, 5.74) is -11.1. The number of fused-ring (bicyclic) bond motifs is 1. The second-order valence-corrected chi connectivity index (χ2v) is 6.82. The summed E-state index contributed by atoms with van der Waals surface area (Å²) in [4.78, 5) is 0. The predicted octanol–water partition coefficient (Wildman–Crippen LogP) is 3.34. The SMILES string of the molecule is O=S(=O)(O)C(F)(F)F.O=S(=O)(O)C(F)(F)F.[Zr].c1ccc2[cH-]ccc2c1. The van der Waals surface area contributed by atoms with Gasteiger partial charge in [0.15, 0.2) is 0 Å². The van der Waals surface area contributed by atoms with E-state index in [0.717, 1.165) is 0 Å². The molecule has 0 heterocycles. The number of benzene rings is 1. The molecule has 0 amide bonds. The van der Waals surface area contributed by atoms with Gasteiger partial charge < -0.3 is 0 Å². The first-order valence-electron chi connectivity index (χ1n) is 5.65. The van der Waals surface area contributed by atoms with Gasteiger partial charge in [-0.25, -0.2) is 0 Å². The molecule has 0 bridgehead atoms. The van der Waals surface area contributed by atoms with Crippen LogP contribution in [0.5, 0.6) is 0 Å². The first kappa shape index (κ1) is 27.3. The van der Waals surface area contributed by atoms with Crippen molar-refractivity contribution in [1.82, 2.24) is 0 Å². The Labute approximate surface area is 162 Å². The molecule has 2 aromatic carbocycles. The van der Waals surface area contributed by atoms with Gasteiger partial charge in [-0.2, -0.15) is 60.7 Å². The fraction of sp³-hybridized carbons (Fsp3) is 0.182. The van der Waals surface area contributed by atoms with Gasteiger partial charge in [0, 0.05) is 26.2 Å². The van der Waals surface area contributed by atoms with Crippen LogP contribution < -0.4 is 0 Å². The Balaban J connectivity index is 0. The summed E-state index contributed by atoms with van der Waals surface area (Å²) in [6.07, 6.45) is 0. The number of halogens is 6. The Kier molecular flexibility index (Phi) is 10.4. The Hall–Kier alpha value is -0.887. The maximum absolute atomic E-state index is 10.7. The normalized spacial score (nSPS) is 12.2. The molecule has 0 aliphatic heterocycles. The van der Waals surface area contributed by atoms with Gasteiger partial charge in [-0.1, -0.05) is 6.07 Å². The molecule has 26 heavy (non-hydrogen) atoms. The van der Waals surface area contributed by atoms with E-state index < -0.39 is 31.3 Å². The van der Waals surface area contributed by atoms with Crippen LogP contribution in [0, 0.1) is 0 Å². The van der Waals surface area contributed by atoms with Crippen LogP contribution in [0.15, 0.2) is 42.5 Å². The number of alkyl halides is 6.